The summed E-state index contributed by atoms with van der Waals surface area (Å²) < 4.78 is 1.02. The fraction of sp³-hybridized carbons (Fsp3) is 0.462. The molecule has 0 saturated heterocycles. The van der Waals surface area contributed by atoms with Gasteiger partial charge in [-0.2, -0.15) is 0 Å². The van der Waals surface area contributed by atoms with E-state index in [-0.39, 0.29) is 0 Å². The topological polar surface area (TPSA) is 38.4 Å². The van der Waals surface area contributed by atoms with Crippen LogP contribution < -0.4 is 5.73 Å². The van der Waals surface area contributed by atoms with E-state index in [2.05, 4.69) is 40.0 Å². The van der Waals surface area contributed by atoms with Crippen molar-refractivity contribution in [2.24, 2.45) is 16.6 Å². The molecule has 0 aromatic heterocycles. The highest BCUT2D eigenvalue weighted by Crippen LogP contribution is 2.29. The SMILES string of the molecule is Cc1ccc(N=C(N)C2CCCC2)c(Br)c1. The van der Waals surface area contributed by atoms with E-state index in [9.17, 15) is 0 Å². The summed E-state index contributed by atoms with van der Waals surface area (Å²) in [4.78, 5) is 4.53. The highest BCUT2D eigenvalue weighted by Gasteiger charge is 2.18. The predicted molar refractivity (Wildman–Crippen MR) is 72.1 cm³/mol. The molecule has 0 spiro atoms. The number of rotatable bonds is 2. The molecule has 2 rings (SSSR count). The van der Waals surface area contributed by atoms with Crippen LogP contribution in [0.3, 0.4) is 0 Å². The summed E-state index contributed by atoms with van der Waals surface area (Å²) in [5, 5.41) is 0. The van der Waals surface area contributed by atoms with Crippen LogP contribution in [0, 0.1) is 12.8 Å². The van der Waals surface area contributed by atoms with Crippen molar-refractivity contribution in [1.29, 1.82) is 0 Å². The first-order valence-electron chi connectivity index (χ1n) is 5.77. The van der Waals surface area contributed by atoms with Gasteiger partial charge in [-0.1, -0.05) is 18.9 Å². The molecule has 1 saturated carbocycles. The van der Waals surface area contributed by atoms with Gasteiger partial charge in [-0.15, -0.1) is 0 Å². The van der Waals surface area contributed by atoms with E-state index in [0.717, 1.165) is 16.0 Å². The van der Waals surface area contributed by atoms with Crippen LogP contribution in [0.2, 0.25) is 0 Å². The third-order valence-corrected chi connectivity index (χ3v) is 3.76. The summed E-state index contributed by atoms with van der Waals surface area (Å²) in [5.74, 6) is 1.29. The lowest BCUT2D eigenvalue weighted by atomic mass is 10.1. The maximum atomic E-state index is 6.05. The molecule has 16 heavy (non-hydrogen) atoms. The summed E-state index contributed by atoms with van der Waals surface area (Å²) >= 11 is 3.52. The lowest BCUT2D eigenvalue weighted by molar-refractivity contribution is 0.722. The smallest absolute Gasteiger partial charge is 0.103 e. The molecule has 2 N–H and O–H groups in total. The van der Waals surface area contributed by atoms with Gasteiger partial charge in [0.25, 0.3) is 0 Å². The molecule has 3 heteroatoms. The lowest BCUT2D eigenvalue weighted by Gasteiger charge is -2.08. The Balaban J connectivity index is 2.20. The fourth-order valence-corrected chi connectivity index (χ4v) is 2.74. The maximum Gasteiger partial charge on any atom is 0.103 e. The summed E-state index contributed by atoms with van der Waals surface area (Å²) in [6, 6.07) is 6.15. The van der Waals surface area contributed by atoms with Crippen LogP contribution in [0.4, 0.5) is 5.69 Å². The molecule has 1 aromatic rings. The third-order valence-electron chi connectivity index (χ3n) is 3.13. The summed E-state index contributed by atoms with van der Waals surface area (Å²) in [5.41, 5.74) is 8.21. The minimum absolute atomic E-state index is 0.494. The van der Waals surface area contributed by atoms with Crippen LogP contribution in [-0.2, 0) is 0 Å². The Morgan fingerprint density at radius 2 is 2.06 bits per heavy atom. The van der Waals surface area contributed by atoms with E-state index < -0.39 is 0 Å². The minimum atomic E-state index is 0.494. The fourth-order valence-electron chi connectivity index (χ4n) is 2.15. The van der Waals surface area contributed by atoms with Crippen molar-refractivity contribution < 1.29 is 0 Å². The Bertz CT molecular complexity index is 406. The molecule has 0 amide bonds. The number of aliphatic imine (C=N–C) groups is 1. The number of amidine groups is 1. The van der Waals surface area contributed by atoms with Crippen LogP contribution >= 0.6 is 15.9 Å². The number of halogens is 1. The number of benzene rings is 1. The van der Waals surface area contributed by atoms with Gasteiger partial charge >= 0.3 is 0 Å². The number of aryl methyl sites for hydroxylation is 1. The molecule has 2 nitrogen and oxygen atoms in total. The van der Waals surface area contributed by atoms with E-state index in [1.54, 1.807) is 0 Å². The first kappa shape index (κ1) is 11.6. The van der Waals surface area contributed by atoms with Crippen molar-refractivity contribution in [3.05, 3.63) is 28.2 Å². The Morgan fingerprint density at radius 1 is 1.38 bits per heavy atom. The van der Waals surface area contributed by atoms with E-state index in [1.165, 1.54) is 31.2 Å². The van der Waals surface area contributed by atoms with Crippen molar-refractivity contribution >= 4 is 27.5 Å². The van der Waals surface area contributed by atoms with Crippen molar-refractivity contribution in [3.63, 3.8) is 0 Å². The number of hydrogen-bond donors (Lipinski definition) is 1. The number of nitrogens with zero attached hydrogens (tertiary/aromatic N) is 1. The molecule has 1 aliphatic carbocycles. The molecule has 0 unspecified atom stereocenters. The van der Waals surface area contributed by atoms with Crippen molar-refractivity contribution in [3.8, 4) is 0 Å². The Kier molecular flexibility index (Phi) is 3.64. The summed E-state index contributed by atoms with van der Waals surface area (Å²) in [6.07, 6.45) is 4.96. The van der Waals surface area contributed by atoms with Gasteiger partial charge in [0.05, 0.1) is 5.69 Å². The van der Waals surface area contributed by atoms with Crippen LogP contribution in [0.15, 0.2) is 27.7 Å². The van der Waals surface area contributed by atoms with E-state index in [4.69, 9.17) is 5.73 Å². The highest BCUT2D eigenvalue weighted by atomic mass is 79.9. The molecular formula is C13H17BrN2. The third kappa shape index (κ3) is 2.64. The van der Waals surface area contributed by atoms with E-state index in [1.807, 2.05) is 6.07 Å². The van der Waals surface area contributed by atoms with Gasteiger partial charge in [0.15, 0.2) is 0 Å². The number of nitrogens with two attached hydrogens (primary N) is 1. The Hall–Kier alpha value is -0.830. The predicted octanol–water partition coefficient (Wildman–Crippen LogP) is 3.94. The van der Waals surface area contributed by atoms with Gasteiger partial charge < -0.3 is 5.73 Å². The highest BCUT2D eigenvalue weighted by molar-refractivity contribution is 9.10. The molecule has 0 bridgehead atoms. The van der Waals surface area contributed by atoms with Crippen LogP contribution in [0.1, 0.15) is 31.2 Å². The average molecular weight is 281 g/mol. The molecular weight excluding hydrogens is 264 g/mol. The zero-order valence-electron chi connectivity index (χ0n) is 9.54. The zero-order chi connectivity index (χ0) is 11.5. The molecule has 0 atom stereocenters. The van der Waals surface area contributed by atoms with Gasteiger partial charge in [0.1, 0.15) is 5.84 Å². The number of hydrogen-bond acceptors (Lipinski definition) is 1. The van der Waals surface area contributed by atoms with Crippen LogP contribution in [-0.4, -0.2) is 5.84 Å². The lowest BCUT2D eigenvalue weighted by Crippen LogP contribution is -2.20. The average Bonchev–Trinajstić information content (AvgIpc) is 2.75. The molecule has 86 valence electrons. The van der Waals surface area contributed by atoms with E-state index in [0.29, 0.717) is 5.92 Å². The van der Waals surface area contributed by atoms with Gasteiger partial charge in [-0.3, -0.25) is 0 Å². The Morgan fingerprint density at radius 3 is 2.69 bits per heavy atom. The van der Waals surface area contributed by atoms with Gasteiger partial charge in [0.2, 0.25) is 0 Å². The van der Waals surface area contributed by atoms with Gasteiger partial charge in [-0.05, 0) is 53.4 Å². The quantitative estimate of drug-likeness (QED) is 0.647. The van der Waals surface area contributed by atoms with Crippen LogP contribution in [0.5, 0.6) is 0 Å². The van der Waals surface area contributed by atoms with Crippen molar-refractivity contribution in [2.45, 2.75) is 32.6 Å². The molecule has 0 radical (unpaired) electrons. The molecule has 0 aliphatic heterocycles. The van der Waals surface area contributed by atoms with Gasteiger partial charge in [-0.25, -0.2) is 4.99 Å². The normalized spacial score (nSPS) is 18.0. The second-order valence-corrected chi connectivity index (χ2v) is 5.33. The summed E-state index contributed by atoms with van der Waals surface area (Å²) in [7, 11) is 0. The zero-order valence-corrected chi connectivity index (χ0v) is 11.1. The second kappa shape index (κ2) is 5.00. The van der Waals surface area contributed by atoms with Gasteiger partial charge in [0, 0.05) is 10.4 Å². The molecule has 1 aromatic carbocycles. The van der Waals surface area contributed by atoms with E-state index >= 15 is 0 Å². The Labute approximate surface area is 105 Å². The minimum Gasteiger partial charge on any atom is -0.387 e. The monoisotopic (exact) mass is 280 g/mol. The molecule has 0 heterocycles. The maximum absolute atomic E-state index is 6.05. The van der Waals surface area contributed by atoms with Crippen molar-refractivity contribution in [1.82, 2.24) is 0 Å². The largest absolute Gasteiger partial charge is 0.387 e. The standard InChI is InChI=1S/C13H17BrN2/c1-9-6-7-12(11(14)8-9)16-13(15)10-4-2-3-5-10/h6-8,10H,2-5H2,1H3,(H2,15,16). The summed E-state index contributed by atoms with van der Waals surface area (Å²) in [6.45, 7) is 2.07. The first-order chi connectivity index (χ1) is 7.66. The second-order valence-electron chi connectivity index (χ2n) is 4.47. The molecule has 1 fully saturated rings. The first-order valence-corrected chi connectivity index (χ1v) is 6.56. The van der Waals surface area contributed by atoms with Crippen LogP contribution in [0.25, 0.3) is 0 Å². The van der Waals surface area contributed by atoms with Crippen molar-refractivity contribution in [2.75, 3.05) is 0 Å². The molecule has 1 aliphatic rings.